The minimum absolute atomic E-state index is 0.0509. The minimum Gasteiger partial charge on any atom is -0.387 e. The summed E-state index contributed by atoms with van der Waals surface area (Å²) in [7, 11) is 5.40. The van der Waals surface area contributed by atoms with E-state index in [2.05, 4.69) is 6.58 Å². The smallest absolute Gasteiger partial charge is 0.113 e. The Kier molecular flexibility index (Phi) is 2.16. The fraction of sp³-hybridized carbons (Fsp3) is 0.714. The molecule has 3 heteroatoms. The van der Waals surface area contributed by atoms with Crippen LogP contribution in [-0.4, -0.2) is 31.2 Å². The van der Waals surface area contributed by atoms with E-state index in [4.69, 9.17) is 12.6 Å². The average molecular weight is 138 g/mol. The van der Waals surface area contributed by atoms with Crippen LogP contribution >= 0.6 is 0 Å². The zero-order valence-electron chi connectivity index (χ0n) is 6.08. The van der Waals surface area contributed by atoms with Crippen molar-refractivity contribution >= 4 is 7.85 Å². The number of ether oxygens (including phenoxy) is 1. The molecule has 54 valence electrons. The number of hydrogen-bond acceptors (Lipinski definition) is 2. The summed E-state index contributed by atoms with van der Waals surface area (Å²) in [6.07, 6.45) is 0.0961. The molecule has 0 aromatic heterocycles. The molecule has 1 saturated heterocycles. The van der Waals surface area contributed by atoms with Crippen molar-refractivity contribution in [2.75, 3.05) is 0 Å². The van der Waals surface area contributed by atoms with Crippen LogP contribution in [0.3, 0.4) is 0 Å². The highest BCUT2D eigenvalue weighted by Gasteiger charge is 2.32. The van der Waals surface area contributed by atoms with Gasteiger partial charge in [-0.25, -0.2) is 0 Å². The molecule has 0 unspecified atom stereocenters. The molecule has 0 bridgehead atoms. The Bertz CT molecular complexity index is 147. The first-order valence-electron chi connectivity index (χ1n) is 3.44. The van der Waals surface area contributed by atoms with Crippen LogP contribution in [0.2, 0.25) is 0 Å². The van der Waals surface area contributed by atoms with Crippen LogP contribution in [0, 0.1) is 0 Å². The monoisotopic (exact) mass is 138 g/mol. The van der Waals surface area contributed by atoms with E-state index in [0.29, 0.717) is 5.57 Å². The van der Waals surface area contributed by atoms with Gasteiger partial charge in [0.15, 0.2) is 0 Å². The summed E-state index contributed by atoms with van der Waals surface area (Å²) < 4.78 is 5.16. The summed E-state index contributed by atoms with van der Waals surface area (Å²) in [5.74, 6) is 0. The van der Waals surface area contributed by atoms with Gasteiger partial charge in [0.2, 0.25) is 0 Å². The van der Waals surface area contributed by atoms with Gasteiger partial charge in [-0.2, -0.15) is 0 Å². The van der Waals surface area contributed by atoms with Crippen LogP contribution in [0.4, 0.5) is 0 Å². The molecule has 1 aliphatic heterocycles. The van der Waals surface area contributed by atoms with Crippen LogP contribution in [0.5, 0.6) is 0 Å². The first-order chi connectivity index (χ1) is 4.66. The Morgan fingerprint density at radius 2 is 2.40 bits per heavy atom. The predicted octanol–water partition coefficient (Wildman–Crippen LogP) is 0.207. The molecule has 1 heterocycles. The van der Waals surface area contributed by atoms with Gasteiger partial charge in [0.05, 0.1) is 12.2 Å². The van der Waals surface area contributed by atoms with Gasteiger partial charge >= 0.3 is 0 Å². The summed E-state index contributed by atoms with van der Waals surface area (Å²) >= 11 is 0. The van der Waals surface area contributed by atoms with Crippen molar-refractivity contribution in [2.45, 2.75) is 31.6 Å². The summed E-state index contributed by atoms with van der Waals surface area (Å²) in [5, 5.41) is 9.22. The van der Waals surface area contributed by atoms with Crippen molar-refractivity contribution in [1.82, 2.24) is 0 Å². The third-order valence-electron chi connectivity index (χ3n) is 1.80. The van der Waals surface area contributed by atoms with E-state index < -0.39 is 12.1 Å². The van der Waals surface area contributed by atoms with Crippen molar-refractivity contribution in [2.24, 2.45) is 0 Å². The van der Waals surface area contributed by atoms with Gasteiger partial charge in [-0.05, 0) is 12.0 Å². The lowest BCUT2D eigenvalue weighted by atomic mass is 9.92. The number of aliphatic hydroxyl groups is 1. The first kappa shape index (κ1) is 7.83. The molecule has 0 aliphatic carbocycles. The maximum absolute atomic E-state index is 9.22. The maximum atomic E-state index is 9.22. The van der Waals surface area contributed by atoms with E-state index in [-0.39, 0.29) is 6.10 Å². The molecular formula is C7H11BO2. The number of rotatable bonds is 1. The number of hydrogen-bond donors (Lipinski definition) is 1. The van der Waals surface area contributed by atoms with Gasteiger partial charge in [-0.1, -0.05) is 13.5 Å². The molecule has 2 nitrogen and oxygen atoms in total. The lowest BCUT2D eigenvalue weighted by molar-refractivity contribution is 0.0593. The molecule has 2 radical (unpaired) electrons. The Morgan fingerprint density at radius 3 is 2.60 bits per heavy atom. The highest BCUT2D eigenvalue weighted by atomic mass is 16.5. The second kappa shape index (κ2) is 2.76. The second-order valence-electron chi connectivity index (χ2n) is 2.52. The van der Waals surface area contributed by atoms with Gasteiger partial charge in [0.1, 0.15) is 7.85 Å². The maximum Gasteiger partial charge on any atom is 0.113 e. The predicted molar refractivity (Wildman–Crippen MR) is 39.9 cm³/mol. The molecule has 1 fully saturated rings. The Balaban J connectivity index is 2.62. The highest BCUT2D eigenvalue weighted by molar-refractivity contribution is 6.12. The Morgan fingerprint density at radius 1 is 1.80 bits per heavy atom. The van der Waals surface area contributed by atoms with Gasteiger partial charge in [0, 0.05) is 6.00 Å². The average Bonchev–Trinajstić information content (AvgIpc) is 2.17. The van der Waals surface area contributed by atoms with E-state index in [0.717, 1.165) is 6.42 Å². The van der Waals surface area contributed by atoms with E-state index in [1.54, 1.807) is 0 Å². The zero-order chi connectivity index (χ0) is 7.72. The third kappa shape index (κ3) is 1.11. The molecule has 10 heavy (non-hydrogen) atoms. The highest BCUT2D eigenvalue weighted by Crippen LogP contribution is 2.24. The largest absolute Gasteiger partial charge is 0.387 e. The SMILES string of the molecule is [B][C@H]1O[C@@H](CC)C(=C)[C@@H]1O. The van der Waals surface area contributed by atoms with Crippen LogP contribution < -0.4 is 0 Å². The topological polar surface area (TPSA) is 29.5 Å². The van der Waals surface area contributed by atoms with Gasteiger partial charge in [-0.3, -0.25) is 0 Å². The summed E-state index contributed by atoms with van der Waals surface area (Å²) in [6, 6.07) is -0.572. The molecule has 0 saturated carbocycles. The van der Waals surface area contributed by atoms with Gasteiger partial charge < -0.3 is 9.84 Å². The normalized spacial score (nSPS) is 40.6. The van der Waals surface area contributed by atoms with E-state index >= 15 is 0 Å². The molecule has 0 aromatic carbocycles. The van der Waals surface area contributed by atoms with Crippen LogP contribution in [0.15, 0.2) is 12.2 Å². The van der Waals surface area contributed by atoms with Crippen molar-refractivity contribution in [3.63, 3.8) is 0 Å². The van der Waals surface area contributed by atoms with Gasteiger partial charge in [-0.15, -0.1) is 0 Å². The van der Waals surface area contributed by atoms with E-state index in [1.807, 2.05) is 6.92 Å². The molecule has 0 amide bonds. The van der Waals surface area contributed by atoms with Crippen molar-refractivity contribution in [3.8, 4) is 0 Å². The summed E-state index contributed by atoms with van der Waals surface area (Å²) in [4.78, 5) is 0. The van der Waals surface area contributed by atoms with Crippen molar-refractivity contribution in [3.05, 3.63) is 12.2 Å². The molecule has 1 N–H and O–H groups in total. The first-order valence-corrected chi connectivity index (χ1v) is 3.44. The summed E-state index contributed by atoms with van der Waals surface area (Å²) in [5.41, 5.74) is 0.704. The zero-order valence-corrected chi connectivity index (χ0v) is 6.08. The van der Waals surface area contributed by atoms with Crippen molar-refractivity contribution in [1.29, 1.82) is 0 Å². The van der Waals surface area contributed by atoms with Crippen molar-refractivity contribution < 1.29 is 9.84 Å². The van der Waals surface area contributed by atoms with E-state index in [1.165, 1.54) is 0 Å². The van der Waals surface area contributed by atoms with Gasteiger partial charge in [0.25, 0.3) is 0 Å². The molecular weight excluding hydrogens is 127 g/mol. The molecule has 0 spiro atoms. The second-order valence-corrected chi connectivity index (χ2v) is 2.52. The molecule has 1 rings (SSSR count). The lowest BCUT2D eigenvalue weighted by Gasteiger charge is -2.06. The third-order valence-corrected chi connectivity index (χ3v) is 1.80. The molecule has 3 atom stereocenters. The van der Waals surface area contributed by atoms with Crippen LogP contribution in [-0.2, 0) is 4.74 Å². The lowest BCUT2D eigenvalue weighted by Crippen LogP contribution is -2.21. The van der Waals surface area contributed by atoms with Crippen LogP contribution in [0.25, 0.3) is 0 Å². The summed E-state index contributed by atoms with van der Waals surface area (Å²) in [6.45, 7) is 5.66. The minimum atomic E-state index is -0.676. The fourth-order valence-electron chi connectivity index (χ4n) is 1.11. The molecule has 0 aromatic rings. The Labute approximate surface area is 62.3 Å². The van der Waals surface area contributed by atoms with E-state index in [9.17, 15) is 5.11 Å². The van der Waals surface area contributed by atoms with Crippen LogP contribution in [0.1, 0.15) is 13.3 Å². The molecule has 1 aliphatic rings. The fourth-order valence-corrected chi connectivity index (χ4v) is 1.11. The standard InChI is InChI=1S/C7H11BO2/c1-3-5-4(2)6(9)7(8)10-5/h5-7,9H,2-3H2,1H3/t5-,6-,7-/m0/s1. The number of aliphatic hydroxyl groups excluding tert-OH is 1. The Hall–Kier alpha value is -0.275. The quantitative estimate of drug-likeness (QED) is 0.414.